The third-order valence-electron chi connectivity index (χ3n) is 3.54. The minimum absolute atomic E-state index is 0.00524. The normalized spacial score (nSPS) is 11.6. The summed E-state index contributed by atoms with van der Waals surface area (Å²) in [5, 5.41) is 2.78. The van der Waals surface area contributed by atoms with Crippen LogP contribution in [-0.4, -0.2) is 23.6 Å². The Kier molecular flexibility index (Phi) is 5.92. The third kappa shape index (κ3) is 4.55. The number of benzene rings is 1. The van der Waals surface area contributed by atoms with Crippen molar-refractivity contribution >= 4 is 27.8 Å². The van der Waals surface area contributed by atoms with Crippen LogP contribution in [0.5, 0.6) is 0 Å². The molecule has 1 N–H and O–H groups in total. The van der Waals surface area contributed by atoms with Crippen molar-refractivity contribution in [2.24, 2.45) is 7.05 Å². The molecule has 6 nitrogen and oxygen atoms in total. The van der Waals surface area contributed by atoms with E-state index in [0.29, 0.717) is 0 Å². The molecular weight excluding hydrogens is 376 g/mol. The topological polar surface area (TPSA) is 77.4 Å². The number of hydrogen-bond acceptors (Lipinski definition) is 4. The minimum Gasteiger partial charge on any atom is -0.469 e. The number of rotatable bonds is 5. The summed E-state index contributed by atoms with van der Waals surface area (Å²) in [6.07, 6.45) is 1.51. The van der Waals surface area contributed by atoms with Crippen LogP contribution < -0.4 is 10.9 Å². The number of nitrogens with one attached hydrogen (secondary N) is 1. The van der Waals surface area contributed by atoms with Gasteiger partial charge in [0.2, 0.25) is 0 Å². The molecule has 0 bridgehead atoms. The van der Waals surface area contributed by atoms with Gasteiger partial charge in [0, 0.05) is 29.3 Å². The number of hydrogen-bond donors (Lipinski definition) is 1. The van der Waals surface area contributed by atoms with Gasteiger partial charge in [-0.05, 0) is 23.8 Å². The van der Waals surface area contributed by atoms with Crippen molar-refractivity contribution in [1.29, 1.82) is 0 Å². The molecule has 0 aliphatic carbocycles. The van der Waals surface area contributed by atoms with Crippen molar-refractivity contribution in [3.05, 3.63) is 68.5 Å². The first-order valence-electron chi connectivity index (χ1n) is 7.20. The number of nitrogens with zero attached hydrogens (tertiary/aromatic N) is 1. The molecular formula is C17H17BrN2O4. The average Bonchev–Trinajstić information content (AvgIpc) is 2.57. The summed E-state index contributed by atoms with van der Waals surface area (Å²) in [7, 11) is 2.90. The Morgan fingerprint density at radius 3 is 2.50 bits per heavy atom. The van der Waals surface area contributed by atoms with Gasteiger partial charge in [-0.15, -0.1) is 0 Å². The number of halogens is 1. The van der Waals surface area contributed by atoms with Gasteiger partial charge < -0.3 is 14.6 Å². The van der Waals surface area contributed by atoms with Crippen molar-refractivity contribution < 1.29 is 14.3 Å². The molecule has 0 aliphatic heterocycles. The lowest BCUT2D eigenvalue weighted by Gasteiger charge is -2.18. The van der Waals surface area contributed by atoms with E-state index in [9.17, 15) is 14.4 Å². The lowest BCUT2D eigenvalue weighted by molar-refractivity contribution is -0.141. The molecule has 0 saturated carbocycles. The molecule has 1 atom stereocenters. The molecule has 2 aromatic rings. The van der Waals surface area contributed by atoms with E-state index in [1.54, 1.807) is 13.1 Å². The monoisotopic (exact) mass is 392 g/mol. The van der Waals surface area contributed by atoms with Crippen molar-refractivity contribution in [3.8, 4) is 0 Å². The van der Waals surface area contributed by atoms with Crippen LogP contribution >= 0.6 is 15.9 Å². The van der Waals surface area contributed by atoms with Crippen LogP contribution in [-0.2, 0) is 16.6 Å². The first-order chi connectivity index (χ1) is 11.4. The summed E-state index contributed by atoms with van der Waals surface area (Å²) in [4.78, 5) is 35.7. The van der Waals surface area contributed by atoms with E-state index in [4.69, 9.17) is 4.74 Å². The third-order valence-corrected chi connectivity index (χ3v) is 4.07. The molecule has 7 heteroatoms. The summed E-state index contributed by atoms with van der Waals surface area (Å²) in [6.45, 7) is 0. The molecule has 0 aliphatic rings. The lowest BCUT2D eigenvalue weighted by atomic mass is 10.0. The van der Waals surface area contributed by atoms with Gasteiger partial charge in [0.1, 0.15) is 0 Å². The maximum atomic E-state index is 12.4. The largest absolute Gasteiger partial charge is 0.469 e. The predicted molar refractivity (Wildman–Crippen MR) is 92.7 cm³/mol. The molecule has 1 heterocycles. The van der Waals surface area contributed by atoms with E-state index in [1.807, 2.05) is 24.3 Å². The van der Waals surface area contributed by atoms with E-state index in [0.717, 1.165) is 10.0 Å². The first-order valence-corrected chi connectivity index (χ1v) is 8.00. The van der Waals surface area contributed by atoms with Crippen molar-refractivity contribution in [2.45, 2.75) is 12.5 Å². The molecule has 126 valence electrons. The van der Waals surface area contributed by atoms with E-state index in [1.165, 1.54) is 23.9 Å². The number of methoxy groups -OCH3 is 1. The zero-order chi connectivity index (χ0) is 17.7. The number of esters is 1. The number of carbonyl (C=O) groups is 2. The van der Waals surface area contributed by atoms with Gasteiger partial charge in [-0.3, -0.25) is 14.4 Å². The van der Waals surface area contributed by atoms with E-state index in [2.05, 4.69) is 21.2 Å². The number of pyridine rings is 1. The Balaban J connectivity index is 2.24. The van der Waals surface area contributed by atoms with Crippen LogP contribution in [0, 0.1) is 0 Å². The minimum atomic E-state index is -0.554. The molecule has 1 unspecified atom stereocenters. The second-order valence-corrected chi connectivity index (χ2v) is 6.14. The summed E-state index contributed by atoms with van der Waals surface area (Å²) in [6, 6.07) is 9.51. The summed E-state index contributed by atoms with van der Waals surface area (Å²) in [5.74, 6) is -0.864. The molecule has 2 rings (SSSR count). The maximum Gasteiger partial charge on any atom is 0.307 e. The van der Waals surface area contributed by atoms with Crippen LogP contribution in [0.4, 0.5) is 0 Å². The number of aromatic nitrogens is 1. The smallest absolute Gasteiger partial charge is 0.307 e. The Labute approximate surface area is 147 Å². The quantitative estimate of drug-likeness (QED) is 0.791. The molecule has 1 amide bonds. The molecule has 0 spiro atoms. The van der Waals surface area contributed by atoms with Crippen LogP contribution in [0.25, 0.3) is 0 Å². The summed E-state index contributed by atoms with van der Waals surface area (Å²) < 4.78 is 6.96. The number of carbonyl (C=O) groups excluding carboxylic acids is 2. The summed E-state index contributed by atoms with van der Waals surface area (Å²) in [5.41, 5.74) is 0.724. The zero-order valence-electron chi connectivity index (χ0n) is 13.3. The van der Waals surface area contributed by atoms with Gasteiger partial charge in [0.15, 0.2) is 0 Å². The van der Waals surface area contributed by atoms with Crippen LogP contribution in [0.1, 0.15) is 28.4 Å². The van der Waals surface area contributed by atoms with Crippen LogP contribution in [0.3, 0.4) is 0 Å². The fraction of sp³-hybridized carbons (Fsp3) is 0.235. The SMILES string of the molecule is COC(=O)CC(NC(=O)c1ccn(C)c(=O)c1)c1ccc(Br)cc1. The fourth-order valence-electron chi connectivity index (χ4n) is 2.13. The Bertz CT molecular complexity index is 799. The van der Waals surface area contributed by atoms with Crippen molar-refractivity contribution in [3.63, 3.8) is 0 Å². The van der Waals surface area contributed by atoms with Gasteiger partial charge in [-0.25, -0.2) is 0 Å². The number of amides is 1. The fourth-order valence-corrected chi connectivity index (χ4v) is 2.39. The van der Waals surface area contributed by atoms with Crippen molar-refractivity contribution in [2.75, 3.05) is 7.11 Å². The van der Waals surface area contributed by atoms with Gasteiger partial charge >= 0.3 is 5.97 Å². The van der Waals surface area contributed by atoms with Crippen LogP contribution in [0.2, 0.25) is 0 Å². The number of ether oxygens (including phenoxy) is 1. The molecule has 24 heavy (non-hydrogen) atoms. The highest BCUT2D eigenvalue weighted by atomic mass is 79.9. The second-order valence-electron chi connectivity index (χ2n) is 5.22. The van der Waals surface area contributed by atoms with Crippen LogP contribution in [0.15, 0.2) is 51.9 Å². The van der Waals surface area contributed by atoms with Gasteiger partial charge in [-0.1, -0.05) is 28.1 Å². The standard InChI is InChI=1S/C17H17BrN2O4/c1-20-8-7-12(9-15(20)21)17(23)19-14(10-16(22)24-2)11-3-5-13(18)6-4-11/h3-9,14H,10H2,1-2H3,(H,19,23). The molecule has 0 fully saturated rings. The predicted octanol–water partition coefficient (Wildman–Crippen LogP) is 2.18. The lowest BCUT2D eigenvalue weighted by Crippen LogP contribution is -2.31. The van der Waals surface area contributed by atoms with Crippen molar-refractivity contribution in [1.82, 2.24) is 9.88 Å². The highest BCUT2D eigenvalue weighted by molar-refractivity contribution is 9.10. The Hall–Kier alpha value is -2.41. The van der Waals surface area contributed by atoms with Gasteiger partial charge in [0.25, 0.3) is 11.5 Å². The molecule has 0 saturated heterocycles. The Morgan fingerprint density at radius 1 is 1.25 bits per heavy atom. The number of aryl methyl sites for hydroxylation is 1. The van der Waals surface area contributed by atoms with E-state index >= 15 is 0 Å². The zero-order valence-corrected chi connectivity index (χ0v) is 14.9. The van der Waals surface area contributed by atoms with E-state index in [-0.39, 0.29) is 17.5 Å². The van der Waals surface area contributed by atoms with Gasteiger partial charge in [-0.2, -0.15) is 0 Å². The highest BCUT2D eigenvalue weighted by Gasteiger charge is 2.20. The average molecular weight is 393 g/mol. The highest BCUT2D eigenvalue weighted by Crippen LogP contribution is 2.20. The molecule has 1 aromatic carbocycles. The maximum absolute atomic E-state index is 12.4. The summed E-state index contributed by atoms with van der Waals surface area (Å²) >= 11 is 3.35. The molecule has 1 aromatic heterocycles. The molecule has 0 radical (unpaired) electrons. The van der Waals surface area contributed by atoms with E-state index < -0.39 is 17.9 Å². The second kappa shape index (κ2) is 7.92. The first kappa shape index (κ1) is 17.9. The van der Waals surface area contributed by atoms with Gasteiger partial charge in [0.05, 0.1) is 19.6 Å². The Morgan fingerprint density at radius 2 is 1.92 bits per heavy atom.